The van der Waals surface area contributed by atoms with Crippen LogP contribution in [0.15, 0.2) is 141 Å². The molecule has 0 spiro atoms. The van der Waals surface area contributed by atoms with Crippen molar-refractivity contribution >= 4 is 22.8 Å². The molecule has 0 unspecified atom stereocenters. The Balaban J connectivity index is 1.56. The highest BCUT2D eigenvalue weighted by atomic mass is 15.1. The van der Waals surface area contributed by atoms with Crippen molar-refractivity contribution < 1.29 is 0 Å². The van der Waals surface area contributed by atoms with E-state index in [1.807, 2.05) is 36.4 Å². The molecule has 0 aliphatic carbocycles. The van der Waals surface area contributed by atoms with Gasteiger partial charge in [-0.2, -0.15) is 0 Å². The fourth-order valence-electron chi connectivity index (χ4n) is 5.80. The third kappa shape index (κ3) is 3.83. The van der Waals surface area contributed by atoms with Gasteiger partial charge in [0, 0.05) is 22.0 Å². The van der Waals surface area contributed by atoms with E-state index in [9.17, 15) is 0 Å². The van der Waals surface area contributed by atoms with Crippen molar-refractivity contribution in [2.75, 3.05) is 0 Å². The molecule has 0 atom stereocenters. The van der Waals surface area contributed by atoms with E-state index in [-0.39, 0.29) is 0 Å². The molecule has 4 nitrogen and oxygen atoms in total. The van der Waals surface area contributed by atoms with Gasteiger partial charge in [0.1, 0.15) is 0 Å². The summed E-state index contributed by atoms with van der Waals surface area (Å²) < 4.78 is 0. The zero-order valence-corrected chi connectivity index (χ0v) is 23.2. The largest absolute Gasteiger partial charge is 0.227 e. The molecule has 0 saturated carbocycles. The van der Waals surface area contributed by atoms with Crippen molar-refractivity contribution in [1.82, 2.24) is 0 Å². The highest BCUT2D eigenvalue weighted by Crippen LogP contribution is 2.39. The van der Waals surface area contributed by atoms with E-state index in [1.165, 1.54) is 22.3 Å². The molecular weight excluding hydrogens is 488 g/mol. The first-order valence-electron chi connectivity index (χ1n) is 13.8. The zero-order chi connectivity index (χ0) is 27.5. The number of fused-ring (bicyclic) bond motifs is 7. The highest BCUT2D eigenvalue weighted by Gasteiger charge is 2.39. The van der Waals surface area contributed by atoms with Gasteiger partial charge in [0.05, 0.1) is 22.8 Å². The Kier molecular flexibility index (Phi) is 5.43. The second-order valence-corrected chi connectivity index (χ2v) is 11.6. The van der Waals surface area contributed by atoms with Crippen LogP contribution in [0.5, 0.6) is 0 Å². The Morgan fingerprint density at radius 2 is 0.775 bits per heavy atom. The van der Waals surface area contributed by atoms with Crippen LogP contribution in [0.4, 0.5) is 0 Å². The fourth-order valence-corrected chi connectivity index (χ4v) is 5.80. The molecule has 4 aromatic rings. The lowest BCUT2D eigenvalue weighted by molar-refractivity contribution is 0.723. The van der Waals surface area contributed by atoms with E-state index in [1.54, 1.807) is 0 Å². The lowest BCUT2D eigenvalue weighted by atomic mass is 9.75. The van der Waals surface area contributed by atoms with Gasteiger partial charge in [0.2, 0.25) is 0 Å². The SMILES string of the molecule is CC1(C)C2=N/C(=C3/N=C(c4ccccc4)C(=N3)C(C)(C)c3cccc(c3)-c3cccc1c3)N=C2c1ccccc1. The van der Waals surface area contributed by atoms with Gasteiger partial charge in [-0.3, -0.25) is 0 Å². The van der Waals surface area contributed by atoms with Crippen LogP contribution in [0.1, 0.15) is 49.9 Å². The quantitative estimate of drug-likeness (QED) is 0.259. The number of nitrogens with zero attached hydrogens (tertiary/aromatic N) is 4. The maximum atomic E-state index is 5.20. The number of rotatable bonds is 2. The molecule has 3 heterocycles. The molecule has 8 bridgehead atoms. The highest BCUT2D eigenvalue weighted by molar-refractivity contribution is 6.53. The van der Waals surface area contributed by atoms with Gasteiger partial charge < -0.3 is 0 Å². The zero-order valence-electron chi connectivity index (χ0n) is 23.2. The van der Waals surface area contributed by atoms with E-state index in [2.05, 4.69) is 100 Å². The molecule has 0 saturated heterocycles. The van der Waals surface area contributed by atoms with Gasteiger partial charge in [-0.05, 0) is 22.3 Å². The van der Waals surface area contributed by atoms with Crippen LogP contribution >= 0.6 is 0 Å². The van der Waals surface area contributed by atoms with E-state index in [4.69, 9.17) is 20.0 Å². The van der Waals surface area contributed by atoms with Gasteiger partial charge >= 0.3 is 0 Å². The molecular formula is C36H30N4. The Labute approximate surface area is 235 Å². The summed E-state index contributed by atoms with van der Waals surface area (Å²) in [5.41, 5.74) is 9.55. The predicted octanol–water partition coefficient (Wildman–Crippen LogP) is 7.94. The summed E-state index contributed by atoms with van der Waals surface area (Å²) >= 11 is 0. The van der Waals surface area contributed by atoms with Crippen LogP contribution in [0.3, 0.4) is 0 Å². The smallest absolute Gasteiger partial charge is 0.198 e. The van der Waals surface area contributed by atoms with Gasteiger partial charge in [-0.1, -0.05) is 137 Å². The minimum absolute atomic E-state index is 0.412. The average molecular weight is 519 g/mol. The molecule has 3 aliphatic heterocycles. The summed E-state index contributed by atoms with van der Waals surface area (Å²) in [6, 6.07) is 38.3. The van der Waals surface area contributed by atoms with Crippen molar-refractivity contribution in [3.8, 4) is 11.1 Å². The van der Waals surface area contributed by atoms with Crippen LogP contribution < -0.4 is 0 Å². The van der Waals surface area contributed by atoms with E-state index in [0.717, 1.165) is 34.0 Å². The summed E-state index contributed by atoms with van der Waals surface area (Å²) in [4.78, 5) is 20.7. The first-order valence-corrected chi connectivity index (χ1v) is 13.8. The summed E-state index contributed by atoms with van der Waals surface area (Å²) in [5, 5.41) is 0. The topological polar surface area (TPSA) is 49.4 Å². The standard InChI is InChI=1S/C36H30N4/c1-35(2)27-19-11-17-25(21-27)26-18-12-20-28(22-26)36(3,4)32-30(24-15-9-6-10-16-24)38-34(40-32)33-37-29(31(35)39-33)23-13-7-5-8-14-23/h5-22H,1-4H3/b34-33-. The van der Waals surface area contributed by atoms with Crippen molar-refractivity contribution in [3.63, 3.8) is 0 Å². The van der Waals surface area contributed by atoms with Crippen molar-refractivity contribution in [2.45, 2.75) is 38.5 Å². The van der Waals surface area contributed by atoms with Crippen LogP contribution in [-0.2, 0) is 10.8 Å². The number of benzene rings is 4. The predicted molar refractivity (Wildman–Crippen MR) is 166 cm³/mol. The maximum absolute atomic E-state index is 5.20. The molecule has 40 heavy (non-hydrogen) atoms. The molecule has 0 fully saturated rings. The molecule has 4 heteroatoms. The van der Waals surface area contributed by atoms with E-state index < -0.39 is 10.8 Å². The first kappa shape index (κ1) is 24.3. The Morgan fingerprint density at radius 3 is 1.18 bits per heavy atom. The van der Waals surface area contributed by atoms with Crippen LogP contribution in [0.25, 0.3) is 11.1 Å². The van der Waals surface area contributed by atoms with Crippen molar-refractivity contribution in [1.29, 1.82) is 0 Å². The molecule has 194 valence electrons. The number of hydrogen-bond donors (Lipinski definition) is 0. The van der Waals surface area contributed by atoms with Gasteiger partial charge in [-0.25, -0.2) is 20.0 Å². The maximum Gasteiger partial charge on any atom is 0.198 e. The van der Waals surface area contributed by atoms with E-state index in [0.29, 0.717) is 11.6 Å². The van der Waals surface area contributed by atoms with Crippen molar-refractivity contribution in [2.24, 2.45) is 20.0 Å². The van der Waals surface area contributed by atoms with Crippen LogP contribution in [0.2, 0.25) is 0 Å². The van der Waals surface area contributed by atoms with Gasteiger partial charge in [0.15, 0.2) is 11.6 Å². The summed E-state index contributed by atoms with van der Waals surface area (Å²) in [6.07, 6.45) is 0. The number of hydrogen-bond acceptors (Lipinski definition) is 4. The third-order valence-corrected chi connectivity index (χ3v) is 8.30. The van der Waals surface area contributed by atoms with Crippen LogP contribution in [-0.4, -0.2) is 22.8 Å². The second kappa shape index (κ2) is 8.92. The Hall–Kier alpha value is -4.70. The molecule has 4 aromatic carbocycles. The molecule has 0 aromatic heterocycles. The lowest BCUT2D eigenvalue weighted by Gasteiger charge is -2.28. The van der Waals surface area contributed by atoms with Crippen LogP contribution in [0, 0.1) is 0 Å². The third-order valence-electron chi connectivity index (χ3n) is 8.30. The first-order chi connectivity index (χ1) is 19.3. The molecule has 3 aliphatic rings. The molecule has 0 amide bonds. The second-order valence-electron chi connectivity index (χ2n) is 11.6. The minimum atomic E-state index is -0.412. The van der Waals surface area contributed by atoms with Crippen molar-refractivity contribution in [3.05, 3.63) is 143 Å². The normalized spacial score (nSPS) is 20.2. The summed E-state index contributed by atoms with van der Waals surface area (Å²) in [5.74, 6) is 1.12. The average Bonchev–Trinajstić information content (AvgIpc) is 3.64. The molecule has 0 N–H and O–H groups in total. The number of aliphatic imine (C=N–C) groups is 4. The van der Waals surface area contributed by atoms with Gasteiger partial charge in [-0.15, -0.1) is 0 Å². The fraction of sp³-hybridized carbons (Fsp3) is 0.167. The summed E-state index contributed by atoms with van der Waals surface area (Å²) in [7, 11) is 0. The monoisotopic (exact) mass is 518 g/mol. The van der Waals surface area contributed by atoms with Gasteiger partial charge in [0.25, 0.3) is 0 Å². The van der Waals surface area contributed by atoms with E-state index >= 15 is 0 Å². The molecule has 7 rings (SSSR count). The Bertz CT molecular complexity index is 1680. The Morgan fingerprint density at radius 1 is 0.400 bits per heavy atom. The lowest BCUT2D eigenvalue weighted by Crippen LogP contribution is -2.34. The minimum Gasteiger partial charge on any atom is -0.227 e. The molecule has 0 radical (unpaired) electrons. The summed E-state index contributed by atoms with van der Waals surface area (Å²) in [6.45, 7) is 8.91.